The van der Waals surface area contributed by atoms with Crippen molar-refractivity contribution in [2.24, 2.45) is 0 Å². The normalized spacial score (nSPS) is 15.1. The lowest BCUT2D eigenvalue weighted by molar-refractivity contribution is -0.127. The minimum absolute atomic E-state index is 0.123. The number of likely N-dealkylation sites (tertiary alicyclic amines) is 1. The molecule has 6 heteroatoms. The summed E-state index contributed by atoms with van der Waals surface area (Å²) in [6.45, 7) is 1.70. The molecule has 0 spiro atoms. The van der Waals surface area contributed by atoms with Gasteiger partial charge < -0.3 is 10.6 Å². The van der Waals surface area contributed by atoms with Crippen LogP contribution < -0.4 is 5.73 Å². The molecule has 3 nitrogen and oxygen atoms in total. The van der Waals surface area contributed by atoms with Gasteiger partial charge in [0.25, 0.3) is 0 Å². The second-order valence-corrected chi connectivity index (χ2v) is 6.05. The van der Waals surface area contributed by atoms with Crippen molar-refractivity contribution in [2.45, 2.75) is 17.7 Å². The number of carbonyl (C=O) groups is 1. The first-order valence-corrected chi connectivity index (χ1v) is 7.51. The summed E-state index contributed by atoms with van der Waals surface area (Å²) in [5, 5.41) is 0. The van der Waals surface area contributed by atoms with Crippen LogP contribution in [0.1, 0.15) is 12.8 Å². The summed E-state index contributed by atoms with van der Waals surface area (Å²) >= 11 is 4.47. The van der Waals surface area contributed by atoms with Gasteiger partial charge in [0.2, 0.25) is 5.91 Å². The highest BCUT2D eigenvalue weighted by molar-refractivity contribution is 9.10. The topological polar surface area (TPSA) is 46.3 Å². The Balaban J connectivity index is 1.97. The number of thioether (sulfide) groups is 1. The molecule has 1 aliphatic heterocycles. The van der Waals surface area contributed by atoms with E-state index < -0.39 is 0 Å². The molecule has 0 bridgehead atoms. The maximum atomic E-state index is 13.2. The van der Waals surface area contributed by atoms with Gasteiger partial charge >= 0.3 is 0 Å². The van der Waals surface area contributed by atoms with Crippen LogP contribution >= 0.6 is 27.7 Å². The molecule has 0 aromatic heterocycles. The van der Waals surface area contributed by atoms with Crippen LogP contribution in [0.5, 0.6) is 0 Å². The van der Waals surface area contributed by atoms with E-state index in [1.807, 2.05) is 4.90 Å². The van der Waals surface area contributed by atoms with Crippen molar-refractivity contribution in [3.63, 3.8) is 0 Å². The van der Waals surface area contributed by atoms with Crippen molar-refractivity contribution in [3.05, 3.63) is 22.4 Å². The van der Waals surface area contributed by atoms with Crippen molar-refractivity contribution in [2.75, 3.05) is 24.6 Å². The first-order valence-electron chi connectivity index (χ1n) is 5.73. The van der Waals surface area contributed by atoms with Crippen LogP contribution in [0.4, 0.5) is 10.1 Å². The van der Waals surface area contributed by atoms with Gasteiger partial charge in [0, 0.05) is 23.7 Å². The maximum Gasteiger partial charge on any atom is 0.232 e. The molecule has 2 N–H and O–H groups in total. The fourth-order valence-corrected chi connectivity index (χ4v) is 3.25. The summed E-state index contributed by atoms with van der Waals surface area (Å²) in [5.41, 5.74) is 6.09. The van der Waals surface area contributed by atoms with Gasteiger partial charge in [0.1, 0.15) is 5.82 Å². The molecular formula is C12H14BrFN2OS. The Hall–Kier alpha value is -0.750. The molecule has 2 rings (SSSR count). The Morgan fingerprint density at radius 1 is 1.44 bits per heavy atom. The molecule has 1 aliphatic rings. The van der Waals surface area contributed by atoms with Crippen molar-refractivity contribution in [1.29, 1.82) is 0 Å². The number of halogens is 2. The van der Waals surface area contributed by atoms with E-state index in [4.69, 9.17) is 5.73 Å². The molecule has 0 atom stereocenters. The molecule has 1 saturated heterocycles. The zero-order valence-corrected chi connectivity index (χ0v) is 12.2. The fraction of sp³-hybridized carbons (Fsp3) is 0.417. The predicted octanol–water partition coefficient (Wildman–Crippen LogP) is 2.88. The lowest BCUT2D eigenvalue weighted by Crippen LogP contribution is -2.29. The summed E-state index contributed by atoms with van der Waals surface area (Å²) in [7, 11) is 0. The molecule has 0 aliphatic carbocycles. The Morgan fingerprint density at radius 3 is 2.78 bits per heavy atom. The highest BCUT2D eigenvalue weighted by Crippen LogP contribution is 2.30. The van der Waals surface area contributed by atoms with E-state index in [0.29, 0.717) is 15.9 Å². The molecule has 0 unspecified atom stereocenters. The Bertz CT molecular complexity index is 464. The largest absolute Gasteiger partial charge is 0.398 e. The van der Waals surface area contributed by atoms with Gasteiger partial charge in [-0.05, 0) is 40.9 Å². The summed E-state index contributed by atoms with van der Waals surface area (Å²) in [6.07, 6.45) is 2.17. The molecule has 1 amide bonds. The highest BCUT2D eigenvalue weighted by atomic mass is 79.9. The van der Waals surface area contributed by atoms with Gasteiger partial charge in [0.05, 0.1) is 10.2 Å². The molecule has 18 heavy (non-hydrogen) atoms. The van der Waals surface area contributed by atoms with Crippen LogP contribution in [0.25, 0.3) is 0 Å². The molecule has 98 valence electrons. The first kappa shape index (κ1) is 13.7. The number of nitrogens with zero attached hydrogens (tertiary/aromatic N) is 1. The lowest BCUT2D eigenvalue weighted by atomic mass is 10.3. The summed E-state index contributed by atoms with van der Waals surface area (Å²) in [4.78, 5) is 14.5. The Kier molecular flexibility index (Phi) is 4.50. The smallest absolute Gasteiger partial charge is 0.232 e. The van der Waals surface area contributed by atoms with Gasteiger partial charge in [-0.2, -0.15) is 0 Å². The second kappa shape index (κ2) is 5.93. The molecule has 0 radical (unpaired) electrons. The third-order valence-corrected chi connectivity index (χ3v) is 4.53. The number of anilines is 1. The third kappa shape index (κ3) is 3.17. The third-order valence-electron chi connectivity index (χ3n) is 2.86. The SMILES string of the molecule is Nc1cc(F)c(Br)cc1SCC(=O)N1CCCC1. The molecule has 1 heterocycles. The van der Waals surface area contributed by atoms with Gasteiger partial charge in [-0.15, -0.1) is 11.8 Å². The zero-order valence-electron chi connectivity index (χ0n) is 9.79. The van der Waals surface area contributed by atoms with Crippen LogP contribution in [0.3, 0.4) is 0 Å². The van der Waals surface area contributed by atoms with E-state index in [1.165, 1.54) is 17.8 Å². The monoisotopic (exact) mass is 332 g/mol. The number of rotatable bonds is 3. The van der Waals surface area contributed by atoms with Crippen LogP contribution in [0, 0.1) is 5.82 Å². The van der Waals surface area contributed by atoms with E-state index in [0.717, 1.165) is 30.8 Å². The molecule has 1 aromatic rings. The summed E-state index contributed by atoms with van der Waals surface area (Å²) in [5.74, 6) is 0.0856. The van der Waals surface area contributed by atoms with E-state index in [2.05, 4.69) is 15.9 Å². The van der Waals surface area contributed by atoms with Crippen LogP contribution in [0.2, 0.25) is 0 Å². The highest BCUT2D eigenvalue weighted by Gasteiger charge is 2.18. The number of benzene rings is 1. The van der Waals surface area contributed by atoms with Crippen molar-refractivity contribution >= 4 is 39.3 Å². The standard InChI is InChI=1S/C12H14BrFN2OS/c13-8-5-11(10(15)6-9(8)14)18-7-12(17)16-3-1-2-4-16/h5-6H,1-4,7,15H2. The van der Waals surface area contributed by atoms with Crippen LogP contribution in [-0.4, -0.2) is 29.6 Å². The number of nitrogen functional groups attached to an aromatic ring is 1. The van der Waals surface area contributed by atoms with Crippen molar-refractivity contribution in [1.82, 2.24) is 4.90 Å². The molecule has 1 fully saturated rings. The van der Waals surface area contributed by atoms with Crippen molar-refractivity contribution in [3.8, 4) is 0 Å². The number of carbonyl (C=O) groups excluding carboxylic acids is 1. The van der Waals surface area contributed by atoms with Crippen LogP contribution in [0.15, 0.2) is 21.5 Å². The van der Waals surface area contributed by atoms with Gasteiger partial charge in [-0.3, -0.25) is 4.79 Å². The summed E-state index contributed by atoms with van der Waals surface area (Å²) < 4.78 is 13.6. The minimum atomic E-state index is -0.386. The van der Waals surface area contributed by atoms with E-state index in [1.54, 1.807) is 6.07 Å². The van der Waals surface area contributed by atoms with E-state index in [9.17, 15) is 9.18 Å². The maximum absolute atomic E-state index is 13.2. The Labute approximate surface area is 118 Å². The lowest BCUT2D eigenvalue weighted by Gasteiger charge is -2.15. The van der Waals surface area contributed by atoms with Gasteiger partial charge in [-0.25, -0.2) is 4.39 Å². The van der Waals surface area contributed by atoms with E-state index in [-0.39, 0.29) is 11.7 Å². The average molecular weight is 333 g/mol. The van der Waals surface area contributed by atoms with Crippen LogP contribution in [-0.2, 0) is 4.79 Å². The average Bonchev–Trinajstić information content (AvgIpc) is 2.85. The zero-order chi connectivity index (χ0) is 13.1. The molecule has 0 saturated carbocycles. The number of hydrogen-bond donors (Lipinski definition) is 1. The number of amides is 1. The quantitative estimate of drug-likeness (QED) is 0.683. The first-order chi connectivity index (χ1) is 8.58. The minimum Gasteiger partial charge on any atom is -0.398 e. The van der Waals surface area contributed by atoms with Gasteiger partial charge in [0.15, 0.2) is 0 Å². The predicted molar refractivity (Wildman–Crippen MR) is 75.1 cm³/mol. The molecular weight excluding hydrogens is 319 g/mol. The second-order valence-electron chi connectivity index (χ2n) is 4.18. The van der Waals surface area contributed by atoms with E-state index >= 15 is 0 Å². The molecule has 1 aromatic carbocycles. The fourth-order valence-electron chi connectivity index (χ4n) is 1.87. The summed E-state index contributed by atoms with van der Waals surface area (Å²) in [6, 6.07) is 2.89. The number of hydrogen-bond acceptors (Lipinski definition) is 3. The number of nitrogens with two attached hydrogens (primary N) is 1. The van der Waals surface area contributed by atoms with Crippen molar-refractivity contribution < 1.29 is 9.18 Å². The van der Waals surface area contributed by atoms with Gasteiger partial charge in [-0.1, -0.05) is 0 Å². The Morgan fingerprint density at radius 2 is 2.11 bits per heavy atom.